The second-order valence-corrected chi connectivity index (χ2v) is 8.85. The molecular formula is C29H34N4O2. The van der Waals surface area contributed by atoms with Crippen molar-refractivity contribution < 1.29 is 9.53 Å². The van der Waals surface area contributed by atoms with Gasteiger partial charge in [-0.2, -0.15) is 5.10 Å². The fourth-order valence-corrected chi connectivity index (χ4v) is 4.07. The summed E-state index contributed by atoms with van der Waals surface area (Å²) in [5.41, 5.74) is 6.69. The standard InChI is InChI=1S/C29H34N4O2/c1-2-20-35-28-14-10-24(11-15-28)21-30-31-29(34)27-12-8-26(9-13-27)23-33-18-16-32(17-19-33)22-25-6-4-3-5-7-25/h3-15,21H,2,16-20,22-23H2,1H3,(H,31,34)/b30-21+. The Labute approximate surface area is 208 Å². The average molecular weight is 471 g/mol. The van der Waals surface area contributed by atoms with Gasteiger partial charge in [0.2, 0.25) is 0 Å². The molecule has 0 aliphatic carbocycles. The first kappa shape index (κ1) is 24.6. The molecule has 1 aliphatic rings. The van der Waals surface area contributed by atoms with E-state index in [0.717, 1.165) is 57.0 Å². The molecule has 0 radical (unpaired) electrons. The van der Waals surface area contributed by atoms with Crippen LogP contribution in [-0.2, 0) is 13.1 Å². The molecule has 35 heavy (non-hydrogen) atoms. The molecule has 0 saturated carbocycles. The maximum absolute atomic E-state index is 12.4. The van der Waals surface area contributed by atoms with E-state index < -0.39 is 0 Å². The minimum atomic E-state index is -0.217. The number of hydrogen-bond donors (Lipinski definition) is 1. The normalized spacial score (nSPS) is 14.8. The van der Waals surface area contributed by atoms with Gasteiger partial charge < -0.3 is 4.74 Å². The van der Waals surface area contributed by atoms with Crippen molar-refractivity contribution in [2.75, 3.05) is 32.8 Å². The van der Waals surface area contributed by atoms with Crippen molar-refractivity contribution in [3.8, 4) is 5.75 Å². The van der Waals surface area contributed by atoms with Crippen molar-refractivity contribution in [2.24, 2.45) is 5.10 Å². The monoisotopic (exact) mass is 470 g/mol. The summed E-state index contributed by atoms with van der Waals surface area (Å²) in [4.78, 5) is 17.4. The molecular weight excluding hydrogens is 436 g/mol. The molecule has 3 aromatic carbocycles. The molecule has 1 heterocycles. The SMILES string of the molecule is CCCOc1ccc(/C=N/NC(=O)c2ccc(CN3CCN(Cc4ccccc4)CC3)cc2)cc1. The molecule has 1 saturated heterocycles. The Kier molecular flexibility index (Phi) is 9.04. The summed E-state index contributed by atoms with van der Waals surface area (Å²) in [7, 11) is 0. The fourth-order valence-electron chi connectivity index (χ4n) is 4.07. The summed E-state index contributed by atoms with van der Waals surface area (Å²) in [6, 6.07) is 26.1. The number of rotatable bonds is 10. The van der Waals surface area contributed by atoms with Crippen LogP contribution in [0.15, 0.2) is 84.0 Å². The summed E-state index contributed by atoms with van der Waals surface area (Å²) in [6.07, 6.45) is 2.61. The fraction of sp³-hybridized carbons (Fsp3) is 0.310. The lowest BCUT2D eigenvalue weighted by molar-refractivity contribution is 0.0955. The highest BCUT2D eigenvalue weighted by Crippen LogP contribution is 2.13. The van der Waals surface area contributed by atoms with Gasteiger partial charge in [-0.15, -0.1) is 0 Å². The highest BCUT2D eigenvalue weighted by Gasteiger charge is 2.17. The van der Waals surface area contributed by atoms with Crippen molar-refractivity contribution in [1.29, 1.82) is 0 Å². The van der Waals surface area contributed by atoms with Crippen LogP contribution < -0.4 is 10.2 Å². The molecule has 4 rings (SSSR count). The first-order valence-corrected chi connectivity index (χ1v) is 12.3. The number of carbonyl (C=O) groups is 1. The van der Waals surface area contributed by atoms with Crippen LogP contribution in [0.3, 0.4) is 0 Å². The number of carbonyl (C=O) groups excluding carboxylic acids is 1. The van der Waals surface area contributed by atoms with Gasteiger partial charge in [-0.3, -0.25) is 14.6 Å². The predicted molar refractivity (Wildman–Crippen MR) is 141 cm³/mol. The number of ether oxygens (including phenoxy) is 1. The summed E-state index contributed by atoms with van der Waals surface area (Å²) >= 11 is 0. The van der Waals surface area contributed by atoms with Crippen LogP contribution in [0.2, 0.25) is 0 Å². The number of benzene rings is 3. The van der Waals surface area contributed by atoms with E-state index in [1.54, 1.807) is 6.21 Å². The van der Waals surface area contributed by atoms with Gasteiger partial charge in [-0.05, 0) is 59.5 Å². The van der Waals surface area contributed by atoms with Crippen LogP contribution in [0.5, 0.6) is 5.75 Å². The smallest absolute Gasteiger partial charge is 0.271 e. The molecule has 0 atom stereocenters. The third kappa shape index (κ3) is 7.77. The Balaban J connectivity index is 1.20. The summed E-state index contributed by atoms with van der Waals surface area (Å²) < 4.78 is 5.58. The van der Waals surface area contributed by atoms with Crippen molar-refractivity contribution in [1.82, 2.24) is 15.2 Å². The Morgan fingerprint density at radius 1 is 0.857 bits per heavy atom. The maximum atomic E-state index is 12.4. The quantitative estimate of drug-likeness (QED) is 0.349. The molecule has 1 amide bonds. The van der Waals surface area contributed by atoms with Gasteiger partial charge in [0.1, 0.15) is 5.75 Å². The van der Waals surface area contributed by atoms with Crippen LogP contribution >= 0.6 is 0 Å². The zero-order valence-corrected chi connectivity index (χ0v) is 20.4. The average Bonchev–Trinajstić information content (AvgIpc) is 2.90. The van der Waals surface area contributed by atoms with E-state index in [-0.39, 0.29) is 5.91 Å². The van der Waals surface area contributed by atoms with Crippen LogP contribution in [-0.4, -0.2) is 54.7 Å². The summed E-state index contributed by atoms with van der Waals surface area (Å²) in [5, 5.41) is 4.08. The third-order valence-corrected chi connectivity index (χ3v) is 6.07. The number of hydrogen-bond acceptors (Lipinski definition) is 5. The molecule has 1 fully saturated rings. The molecule has 0 spiro atoms. The van der Waals surface area contributed by atoms with Gasteiger partial charge in [-0.25, -0.2) is 5.43 Å². The molecule has 6 heteroatoms. The van der Waals surface area contributed by atoms with E-state index in [2.05, 4.69) is 57.6 Å². The van der Waals surface area contributed by atoms with Crippen molar-refractivity contribution in [2.45, 2.75) is 26.4 Å². The van der Waals surface area contributed by atoms with E-state index in [9.17, 15) is 4.79 Å². The zero-order valence-electron chi connectivity index (χ0n) is 20.4. The van der Waals surface area contributed by atoms with E-state index >= 15 is 0 Å². The van der Waals surface area contributed by atoms with Gasteiger partial charge in [-0.1, -0.05) is 49.4 Å². The molecule has 3 aromatic rings. The summed E-state index contributed by atoms with van der Waals surface area (Å²) in [6.45, 7) is 8.94. The Morgan fingerprint density at radius 2 is 1.46 bits per heavy atom. The largest absolute Gasteiger partial charge is 0.494 e. The van der Waals surface area contributed by atoms with Crippen molar-refractivity contribution in [3.63, 3.8) is 0 Å². The molecule has 6 nitrogen and oxygen atoms in total. The topological polar surface area (TPSA) is 57.2 Å². The van der Waals surface area contributed by atoms with E-state index in [4.69, 9.17) is 4.74 Å². The second kappa shape index (κ2) is 12.8. The molecule has 1 N–H and O–H groups in total. The number of hydrazone groups is 1. The van der Waals surface area contributed by atoms with Crippen molar-refractivity contribution in [3.05, 3.63) is 101 Å². The lowest BCUT2D eigenvalue weighted by Crippen LogP contribution is -2.45. The lowest BCUT2D eigenvalue weighted by Gasteiger charge is -2.34. The van der Waals surface area contributed by atoms with Crippen LogP contribution in [0, 0.1) is 0 Å². The predicted octanol–water partition coefficient (Wildman–Crippen LogP) is 4.56. The number of nitrogens with zero attached hydrogens (tertiary/aromatic N) is 3. The van der Waals surface area contributed by atoms with E-state index in [1.165, 1.54) is 11.1 Å². The first-order valence-electron chi connectivity index (χ1n) is 12.3. The maximum Gasteiger partial charge on any atom is 0.271 e. The molecule has 0 aromatic heterocycles. The summed E-state index contributed by atoms with van der Waals surface area (Å²) in [5.74, 6) is 0.618. The van der Waals surface area contributed by atoms with E-state index in [0.29, 0.717) is 12.2 Å². The Morgan fingerprint density at radius 3 is 2.06 bits per heavy atom. The minimum Gasteiger partial charge on any atom is -0.494 e. The van der Waals surface area contributed by atoms with Gasteiger partial charge in [0.05, 0.1) is 12.8 Å². The Bertz CT molecular complexity index is 1070. The number of amides is 1. The highest BCUT2D eigenvalue weighted by atomic mass is 16.5. The van der Waals surface area contributed by atoms with Crippen LogP contribution in [0.4, 0.5) is 0 Å². The second-order valence-electron chi connectivity index (χ2n) is 8.85. The van der Waals surface area contributed by atoms with Crippen molar-refractivity contribution >= 4 is 12.1 Å². The molecule has 0 bridgehead atoms. The van der Waals surface area contributed by atoms with Gasteiger partial charge in [0, 0.05) is 44.8 Å². The Hall–Kier alpha value is -3.48. The molecule has 182 valence electrons. The highest BCUT2D eigenvalue weighted by molar-refractivity contribution is 5.94. The minimum absolute atomic E-state index is 0.217. The number of piperazine rings is 1. The van der Waals surface area contributed by atoms with Gasteiger partial charge >= 0.3 is 0 Å². The first-order chi connectivity index (χ1) is 17.2. The number of nitrogens with one attached hydrogen (secondary N) is 1. The third-order valence-electron chi connectivity index (χ3n) is 6.07. The van der Waals surface area contributed by atoms with Crippen LogP contribution in [0.1, 0.15) is 40.4 Å². The lowest BCUT2D eigenvalue weighted by atomic mass is 10.1. The van der Waals surface area contributed by atoms with Gasteiger partial charge in [0.15, 0.2) is 0 Å². The molecule has 1 aliphatic heterocycles. The van der Waals surface area contributed by atoms with E-state index in [1.807, 2.05) is 48.5 Å². The van der Waals surface area contributed by atoms with Gasteiger partial charge in [0.25, 0.3) is 5.91 Å². The van der Waals surface area contributed by atoms with Crippen LogP contribution in [0.25, 0.3) is 0 Å². The zero-order chi connectivity index (χ0) is 24.3. The molecule has 0 unspecified atom stereocenters.